The number of hydrogen-bond donors (Lipinski definition) is 1. The Bertz CT molecular complexity index is 712. The Morgan fingerprint density at radius 2 is 1.73 bits per heavy atom. The molecule has 0 spiro atoms. The maximum Gasteiger partial charge on any atom is 0.248 e. The first-order valence-electron chi connectivity index (χ1n) is 12.8. The second kappa shape index (κ2) is 13.7. The van der Waals surface area contributed by atoms with Crippen molar-refractivity contribution in [2.24, 2.45) is 5.92 Å². The molecule has 33 heavy (non-hydrogen) atoms. The van der Waals surface area contributed by atoms with Crippen LogP contribution in [0.3, 0.4) is 0 Å². The molecule has 1 aromatic carbocycles. The van der Waals surface area contributed by atoms with E-state index in [4.69, 9.17) is 4.74 Å². The summed E-state index contributed by atoms with van der Waals surface area (Å²) in [6, 6.07) is 9.84. The lowest BCUT2D eigenvalue weighted by Crippen LogP contribution is -2.58. The topological polar surface area (TPSA) is 65.1 Å². The SMILES string of the molecule is CCN(CC)CCNC(=O)C(C1CCCC1)N1CCN(C(=O)COCc2ccccc2)CC1. The van der Waals surface area contributed by atoms with Gasteiger partial charge in [0.15, 0.2) is 0 Å². The lowest BCUT2D eigenvalue weighted by Gasteiger charge is -2.40. The van der Waals surface area contributed by atoms with E-state index in [9.17, 15) is 9.59 Å². The summed E-state index contributed by atoms with van der Waals surface area (Å²) in [5.41, 5.74) is 1.07. The highest BCUT2D eigenvalue weighted by atomic mass is 16.5. The standard InChI is InChI=1S/C26H42N4O3/c1-3-28(4-2)15-14-27-26(32)25(23-12-8-9-13-23)30-18-16-29(17-19-30)24(31)21-33-20-22-10-6-5-7-11-22/h5-7,10-11,23,25H,3-4,8-9,12-21H2,1-2H3,(H,27,32). The molecule has 7 nitrogen and oxygen atoms in total. The smallest absolute Gasteiger partial charge is 0.248 e. The van der Waals surface area contributed by atoms with Gasteiger partial charge in [-0.1, -0.05) is 57.0 Å². The number of amides is 2. The summed E-state index contributed by atoms with van der Waals surface area (Å²) in [7, 11) is 0. The second-order valence-corrected chi connectivity index (χ2v) is 9.20. The fourth-order valence-electron chi connectivity index (χ4n) is 5.10. The van der Waals surface area contributed by atoms with Crippen LogP contribution in [0.4, 0.5) is 0 Å². The van der Waals surface area contributed by atoms with Crippen molar-refractivity contribution < 1.29 is 14.3 Å². The molecular weight excluding hydrogens is 416 g/mol. The summed E-state index contributed by atoms with van der Waals surface area (Å²) in [5.74, 6) is 0.626. The predicted molar refractivity (Wildman–Crippen MR) is 131 cm³/mol. The third-order valence-electron chi connectivity index (χ3n) is 7.13. The predicted octanol–water partition coefficient (Wildman–Crippen LogP) is 2.36. The molecule has 0 bridgehead atoms. The Kier molecular flexibility index (Phi) is 10.6. The van der Waals surface area contributed by atoms with E-state index in [0.717, 1.165) is 51.1 Å². The molecule has 2 aliphatic rings. The second-order valence-electron chi connectivity index (χ2n) is 9.20. The summed E-state index contributed by atoms with van der Waals surface area (Å²) >= 11 is 0. The van der Waals surface area contributed by atoms with Crippen molar-refractivity contribution in [3.8, 4) is 0 Å². The van der Waals surface area contributed by atoms with Gasteiger partial charge in [0.1, 0.15) is 6.61 Å². The first kappa shape index (κ1) is 25.7. The van der Waals surface area contributed by atoms with E-state index in [1.165, 1.54) is 12.8 Å². The average Bonchev–Trinajstić information content (AvgIpc) is 3.37. The molecule has 1 aliphatic heterocycles. The van der Waals surface area contributed by atoms with Crippen LogP contribution in [0.15, 0.2) is 30.3 Å². The zero-order valence-corrected chi connectivity index (χ0v) is 20.5. The Morgan fingerprint density at radius 1 is 1.06 bits per heavy atom. The van der Waals surface area contributed by atoms with Crippen LogP contribution in [0.2, 0.25) is 0 Å². The highest BCUT2D eigenvalue weighted by Crippen LogP contribution is 2.31. The van der Waals surface area contributed by atoms with Crippen molar-refractivity contribution in [1.82, 2.24) is 20.0 Å². The Labute approximate surface area is 199 Å². The molecule has 1 N–H and O–H groups in total. The third kappa shape index (κ3) is 7.80. The molecule has 1 aliphatic carbocycles. The Hall–Kier alpha value is -1.96. The van der Waals surface area contributed by atoms with Crippen molar-refractivity contribution in [2.45, 2.75) is 52.2 Å². The van der Waals surface area contributed by atoms with Gasteiger partial charge in [-0.3, -0.25) is 14.5 Å². The molecule has 2 fully saturated rings. The van der Waals surface area contributed by atoms with E-state index >= 15 is 0 Å². The van der Waals surface area contributed by atoms with E-state index in [-0.39, 0.29) is 24.5 Å². The molecule has 0 aromatic heterocycles. The van der Waals surface area contributed by atoms with Crippen LogP contribution in [0, 0.1) is 5.92 Å². The molecule has 184 valence electrons. The van der Waals surface area contributed by atoms with Gasteiger partial charge in [0, 0.05) is 39.3 Å². The number of ether oxygens (including phenoxy) is 1. The zero-order valence-electron chi connectivity index (χ0n) is 20.5. The first-order valence-corrected chi connectivity index (χ1v) is 12.8. The van der Waals surface area contributed by atoms with Gasteiger partial charge in [0.2, 0.25) is 11.8 Å². The van der Waals surface area contributed by atoms with Crippen molar-refractivity contribution in [1.29, 1.82) is 0 Å². The molecule has 3 rings (SSSR count). The number of hydrogen-bond acceptors (Lipinski definition) is 5. The summed E-state index contributed by atoms with van der Waals surface area (Å²) in [4.78, 5) is 32.3. The Balaban J connectivity index is 1.46. The lowest BCUT2D eigenvalue weighted by molar-refractivity contribution is -0.139. The molecule has 1 unspecified atom stereocenters. The van der Waals surface area contributed by atoms with Crippen LogP contribution in [-0.4, -0.2) is 91.5 Å². The monoisotopic (exact) mass is 458 g/mol. The molecule has 1 saturated carbocycles. The van der Waals surface area contributed by atoms with Gasteiger partial charge in [-0.25, -0.2) is 0 Å². The van der Waals surface area contributed by atoms with Crippen LogP contribution in [-0.2, 0) is 20.9 Å². The third-order valence-corrected chi connectivity index (χ3v) is 7.13. The largest absolute Gasteiger partial charge is 0.367 e. The number of benzene rings is 1. The van der Waals surface area contributed by atoms with Crippen LogP contribution < -0.4 is 5.32 Å². The number of rotatable bonds is 12. The van der Waals surface area contributed by atoms with Crippen molar-refractivity contribution >= 4 is 11.8 Å². The highest BCUT2D eigenvalue weighted by molar-refractivity contribution is 5.82. The van der Waals surface area contributed by atoms with E-state index in [1.807, 2.05) is 35.2 Å². The quantitative estimate of drug-likeness (QED) is 0.521. The molecule has 7 heteroatoms. The molecular formula is C26H42N4O3. The fourth-order valence-corrected chi connectivity index (χ4v) is 5.10. The van der Waals surface area contributed by atoms with Crippen LogP contribution in [0.5, 0.6) is 0 Å². The molecule has 1 heterocycles. The van der Waals surface area contributed by atoms with Gasteiger partial charge in [0.25, 0.3) is 0 Å². The minimum atomic E-state index is -0.0733. The number of carbonyl (C=O) groups excluding carboxylic acids is 2. The molecule has 1 aromatic rings. The zero-order chi connectivity index (χ0) is 23.5. The first-order chi connectivity index (χ1) is 16.1. The number of nitrogens with one attached hydrogen (secondary N) is 1. The number of likely N-dealkylation sites (N-methyl/N-ethyl adjacent to an activating group) is 1. The fraction of sp³-hybridized carbons (Fsp3) is 0.692. The van der Waals surface area contributed by atoms with Gasteiger partial charge >= 0.3 is 0 Å². The van der Waals surface area contributed by atoms with Crippen LogP contribution >= 0.6 is 0 Å². The van der Waals surface area contributed by atoms with E-state index in [1.54, 1.807) is 0 Å². The number of carbonyl (C=O) groups is 2. The molecule has 1 atom stereocenters. The minimum Gasteiger partial charge on any atom is -0.367 e. The number of nitrogens with zero attached hydrogens (tertiary/aromatic N) is 3. The lowest BCUT2D eigenvalue weighted by atomic mass is 9.95. The van der Waals surface area contributed by atoms with Crippen molar-refractivity contribution in [2.75, 3.05) is 59.0 Å². The summed E-state index contributed by atoms with van der Waals surface area (Å²) < 4.78 is 5.64. The highest BCUT2D eigenvalue weighted by Gasteiger charge is 2.37. The van der Waals surface area contributed by atoms with Crippen molar-refractivity contribution in [3.63, 3.8) is 0 Å². The molecule has 1 saturated heterocycles. The maximum absolute atomic E-state index is 13.2. The molecule has 0 radical (unpaired) electrons. The van der Waals surface area contributed by atoms with Gasteiger partial charge < -0.3 is 19.9 Å². The Morgan fingerprint density at radius 3 is 2.36 bits per heavy atom. The van der Waals surface area contributed by atoms with Crippen LogP contribution in [0.25, 0.3) is 0 Å². The normalized spacial score (nSPS) is 18.6. The average molecular weight is 459 g/mol. The summed E-state index contributed by atoms with van der Waals surface area (Å²) in [5, 5.41) is 3.21. The van der Waals surface area contributed by atoms with Crippen molar-refractivity contribution in [3.05, 3.63) is 35.9 Å². The van der Waals surface area contributed by atoms with Gasteiger partial charge in [-0.05, 0) is 37.4 Å². The summed E-state index contributed by atoms with van der Waals surface area (Å²) in [6.45, 7) is 11.3. The van der Waals surface area contributed by atoms with Gasteiger partial charge in [-0.15, -0.1) is 0 Å². The molecule has 2 amide bonds. The van der Waals surface area contributed by atoms with Crippen LogP contribution in [0.1, 0.15) is 45.1 Å². The maximum atomic E-state index is 13.2. The van der Waals surface area contributed by atoms with Gasteiger partial charge in [0.05, 0.1) is 12.6 Å². The van der Waals surface area contributed by atoms with E-state index < -0.39 is 0 Å². The summed E-state index contributed by atoms with van der Waals surface area (Å²) in [6.07, 6.45) is 4.68. The van der Waals surface area contributed by atoms with E-state index in [0.29, 0.717) is 32.2 Å². The minimum absolute atomic E-state index is 0.0340. The van der Waals surface area contributed by atoms with Gasteiger partial charge in [-0.2, -0.15) is 0 Å². The number of piperazine rings is 1. The van der Waals surface area contributed by atoms with E-state index in [2.05, 4.69) is 29.0 Å².